The third-order valence-corrected chi connectivity index (χ3v) is 3.82. The second-order valence-corrected chi connectivity index (χ2v) is 5.51. The van der Waals surface area contributed by atoms with Gasteiger partial charge < -0.3 is 10.2 Å². The van der Waals surface area contributed by atoms with E-state index in [2.05, 4.69) is 32.3 Å². The number of halogens is 1. The molecule has 1 N–H and O–H groups in total. The van der Waals surface area contributed by atoms with E-state index >= 15 is 0 Å². The zero-order valence-electron chi connectivity index (χ0n) is 11.7. The van der Waals surface area contributed by atoms with Crippen molar-refractivity contribution >= 4 is 17.5 Å². The summed E-state index contributed by atoms with van der Waals surface area (Å²) in [7, 11) is 0. The first kappa shape index (κ1) is 14.5. The third kappa shape index (κ3) is 4.28. The van der Waals surface area contributed by atoms with Gasteiger partial charge in [-0.25, -0.2) is 4.98 Å². The molecule has 0 spiro atoms. The van der Waals surface area contributed by atoms with Gasteiger partial charge in [-0.05, 0) is 39.3 Å². The molecule has 106 valence electrons. The first-order chi connectivity index (χ1) is 9.19. The van der Waals surface area contributed by atoms with Crippen LogP contribution in [0.2, 0.25) is 5.15 Å². The van der Waals surface area contributed by atoms with E-state index < -0.39 is 0 Å². The number of nitrogens with one attached hydrogen (secondary N) is 1. The summed E-state index contributed by atoms with van der Waals surface area (Å²) in [5.74, 6) is 0.587. The van der Waals surface area contributed by atoms with Crippen molar-refractivity contribution in [1.29, 1.82) is 0 Å². The molecule has 1 saturated heterocycles. The summed E-state index contributed by atoms with van der Waals surface area (Å²) >= 11 is 5.83. The average molecular weight is 284 g/mol. The molecule has 5 nitrogen and oxygen atoms in total. The number of piperidine rings is 1. The van der Waals surface area contributed by atoms with Gasteiger partial charge in [0.25, 0.3) is 0 Å². The van der Waals surface area contributed by atoms with Crippen molar-refractivity contribution in [2.45, 2.75) is 45.6 Å². The molecule has 2 rings (SSSR count). The van der Waals surface area contributed by atoms with E-state index in [0.29, 0.717) is 17.1 Å². The van der Waals surface area contributed by atoms with Crippen LogP contribution in [0.5, 0.6) is 0 Å². The van der Waals surface area contributed by atoms with Crippen LogP contribution in [-0.4, -0.2) is 45.8 Å². The minimum atomic E-state index is 0.374. The second kappa shape index (κ2) is 7.01. The van der Waals surface area contributed by atoms with Crippen LogP contribution < -0.4 is 5.32 Å². The van der Waals surface area contributed by atoms with Crippen LogP contribution >= 0.6 is 11.6 Å². The highest BCUT2D eigenvalue weighted by Crippen LogP contribution is 2.15. The summed E-state index contributed by atoms with van der Waals surface area (Å²) in [5.41, 5.74) is 0.720. The molecule has 1 aliphatic heterocycles. The summed E-state index contributed by atoms with van der Waals surface area (Å²) in [6.07, 6.45) is 4.90. The summed E-state index contributed by atoms with van der Waals surface area (Å²) in [5, 5.41) is 11.6. The minimum absolute atomic E-state index is 0.374. The van der Waals surface area contributed by atoms with Gasteiger partial charge >= 0.3 is 0 Å². The van der Waals surface area contributed by atoms with Crippen molar-refractivity contribution < 1.29 is 0 Å². The maximum absolute atomic E-state index is 5.83. The van der Waals surface area contributed by atoms with Gasteiger partial charge in [-0.15, -0.1) is 10.2 Å². The number of aromatic nitrogens is 3. The lowest BCUT2D eigenvalue weighted by molar-refractivity contribution is 0.213. The van der Waals surface area contributed by atoms with Crippen molar-refractivity contribution in [3.05, 3.63) is 10.8 Å². The molecular formula is C13H22ClN5. The van der Waals surface area contributed by atoms with Crippen molar-refractivity contribution in [1.82, 2.24) is 20.1 Å². The number of hydrogen-bond donors (Lipinski definition) is 1. The predicted octanol–water partition coefficient (Wildman–Crippen LogP) is 2.51. The van der Waals surface area contributed by atoms with E-state index in [1.54, 1.807) is 0 Å². The maximum atomic E-state index is 5.83. The van der Waals surface area contributed by atoms with Crippen LogP contribution in [0.3, 0.4) is 0 Å². The fraction of sp³-hybridized carbons (Fsp3) is 0.769. The Morgan fingerprint density at radius 1 is 1.42 bits per heavy atom. The molecule has 0 amide bonds. The molecule has 19 heavy (non-hydrogen) atoms. The number of hydrogen-bond acceptors (Lipinski definition) is 5. The highest BCUT2D eigenvalue weighted by Gasteiger charge is 2.20. The molecule has 0 aliphatic carbocycles. The van der Waals surface area contributed by atoms with Crippen molar-refractivity contribution in [2.75, 3.05) is 25.0 Å². The number of nitrogens with zero attached hydrogens (tertiary/aromatic N) is 4. The van der Waals surface area contributed by atoms with Crippen LogP contribution in [0.15, 0.2) is 0 Å². The minimum Gasteiger partial charge on any atom is -0.349 e. The molecule has 1 aliphatic rings. The maximum Gasteiger partial charge on any atom is 0.243 e. The molecule has 0 radical (unpaired) electrons. The Bertz CT molecular complexity index is 412. The van der Waals surface area contributed by atoms with Crippen molar-refractivity contribution in [3.8, 4) is 0 Å². The fourth-order valence-corrected chi connectivity index (χ4v) is 2.47. The van der Waals surface area contributed by atoms with Gasteiger partial charge in [0.2, 0.25) is 5.95 Å². The highest BCUT2D eigenvalue weighted by atomic mass is 35.5. The Balaban J connectivity index is 1.89. The van der Waals surface area contributed by atoms with Crippen LogP contribution in [0, 0.1) is 6.92 Å². The van der Waals surface area contributed by atoms with Crippen LogP contribution in [-0.2, 0) is 0 Å². The number of unbranched alkanes of at least 4 members (excludes halogenated alkanes) is 1. The molecule has 0 saturated carbocycles. The number of likely N-dealkylation sites (tertiary alicyclic amines) is 1. The molecule has 1 fully saturated rings. The van der Waals surface area contributed by atoms with Gasteiger partial charge in [-0.2, -0.15) is 0 Å². The Labute approximate surface area is 119 Å². The Morgan fingerprint density at radius 2 is 2.26 bits per heavy atom. The first-order valence-corrected chi connectivity index (χ1v) is 7.42. The van der Waals surface area contributed by atoms with E-state index in [9.17, 15) is 0 Å². The first-order valence-electron chi connectivity index (χ1n) is 7.04. The van der Waals surface area contributed by atoms with E-state index in [0.717, 1.165) is 18.7 Å². The van der Waals surface area contributed by atoms with E-state index in [4.69, 9.17) is 11.6 Å². The quantitative estimate of drug-likeness (QED) is 0.900. The average Bonchev–Trinajstić information content (AvgIpc) is 2.41. The highest BCUT2D eigenvalue weighted by molar-refractivity contribution is 6.29. The lowest BCUT2D eigenvalue weighted by Crippen LogP contribution is -2.42. The SMILES string of the molecule is CCCCN1CCC[C@@H](Nc2nnc(Cl)c(C)n2)C1. The normalized spacial score (nSPS) is 20.5. The van der Waals surface area contributed by atoms with Gasteiger partial charge in [-0.3, -0.25) is 0 Å². The lowest BCUT2D eigenvalue weighted by atomic mass is 10.1. The second-order valence-electron chi connectivity index (χ2n) is 5.15. The molecular weight excluding hydrogens is 262 g/mol. The predicted molar refractivity (Wildman–Crippen MR) is 77.6 cm³/mol. The number of anilines is 1. The third-order valence-electron chi connectivity index (χ3n) is 3.47. The molecule has 1 atom stereocenters. The van der Waals surface area contributed by atoms with E-state index in [1.165, 1.54) is 32.4 Å². The Kier molecular flexibility index (Phi) is 5.34. The van der Waals surface area contributed by atoms with E-state index in [1.807, 2.05) is 6.92 Å². The standard InChI is InChI=1S/C13H22ClN5/c1-3-4-7-19-8-5-6-11(9-19)16-13-15-10(2)12(14)17-18-13/h11H,3-9H2,1-2H3,(H,15,16,18)/t11-/m1/s1. The van der Waals surface area contributed by atoms with Crippen molar-refractivity contribution in [3.63, 3.8) is 0 Å². The molecule has 2 heterocycles. The van der Waals surface area contributed by atoms with Gasteiger partial charge in [0.1, 0.15) is 0 Å². The summed E-state index contributed by atoms with van der Waals surface area (Å²) in [6, 6.07) is 0.410. The van der Waals surface area contributed by atoms with Crippen LogP contribution in [0.25, 0.3) is 0 Å². The van der Waals surface area contributed by atoms with Crippen molar-refractivity contribution in [2.24, 2.45) is 0 Å². The van der Waals surface area contributed by atoms with E-state index in [-0.39, 0.29) is 0 Å². The fourth-order valence-electron chi connectivity index (χ4n) is 2.39. The van der Waals surface area contributed by atoms with Gasteiger partial charge in [0, 0.05) is 12.6 Å². The largest absolute Gasteiger partial charge is 0.349 e. The molecule has 1 aromatic heterocycles. The smallest absolute Gasteiger partial charge is 0.243 e. The summed E-state index contributed by atoms with van der Waals surface area (Å²) < 4.78 is 0. The van der Waals surface area contributed by atoms with Gasteiger partial charge in [-0.1, -0.05) is 24.9 Å². The van der Waals surface area contributed by atoms with Gasteiger partial charge in [0.05, 0.1) is 5.69 Å². The summed E-state index contributed by atoms with van der Waals surface area (Å²) in [6.45, 7) is 7.53. The van der Waals surface area contributed by atoms with Crippen LogP contribution in [0.4, 0.5) is 5.95 Å². The lowest BCUT2D eigenvalue weighted by Gasteiger charge is -2.33. The summed E-state index contributed by atoms with van der Waals surface area (Å²) in [4.78, 5) is 6.83. The van der Waals surface area contributed by atoms with Gasteiger partial charge in [0.15, 0.2) is 5.15 Å². The van der Waals surface area contributed by atoms with Crippen LogP contribution in [0.1, 0.15) is 38.3 Å². The number of aryl methyl sites for hydroxylation is 1. The molecule has 1 aromatic rings. The Hall–Kier alpha value is -0.940. The molecule has 6 heteroatoms. The topological polar surface area (TPSA) is 53.9 Å². The Morgan fingerprint density at radius 3 is 3.00 bits per heavy atom. The zero-order valence-corrected chi connectivity index (χ0v) is 12.4. The molecule has 0 bridgehead atoms. The zero-order chi connectivity index (χ0) is 13.7. The monoisotopic (exact) mass is 283 g/mol. The molecule has 0 unspecified atom stereocenters. The number of rotatable bonds is 5. The molecule has 0 aromatic carbocycles.